The van der Waals surface area contributed by atoms with Crippen molar-refractivity contribution in [2.75, 3.05) is 13.2 Å². The highest BCUT2D eigenvalue weighted by molar-refractivity contribution is 5.88. The van der Waals surface area contributed by atoms with Crippen molar-refractivity contribution in [2.45, 2.75) is 45.6 Å². The normalized spacial score (nSPS) is 21.9. The van der Waals surface area contributed by atoms with Gasteiger partial charge in [-0.2, -0.15) is 0 Å². The van der Waals surface area contributed by atoms with Gasteiger partial charge >= 0.3 is 5.97 Å². The molecule has 0 saturated carbocycles. The van der Waals surface area contributed by atoms with Crippen molar-refractivity contribution in [1.29, 1.82) is 0 Å². The summed E-state index contributed by atoms with van der Waals surface area (Å²) in [5.41, 5.74) is -1.14. The predicted molar refractivity (Wildman–Crippen MR) is 67.2 cm³/mol. The third-order valence-corrected chi connectivity index (χ3v) is 4.03. The molecule has 5 heteroatoms. The molecule has 1 fully saturated rings. The van der Waals surface area contributed by atoms with E-state index in [1.165, 1.54) is 0 Å². The van der Waals surface area contributed by atoms with Gasteiger partial charge in [-0.05, 0) is 5.92 Å². The van der Waals surface area contributed by atoms with E-state index in [0.29, 0.717) is 26.1 Å². The zero-order chi connectivity index (χ0) is 13.8. The molecule has 1 heterocycles. The smallest absolute Gasteiger partial charge is 0.329 e. The summed E-state index contributed by atoms with van der Waals surface area (Å²) in [5, 5.41) is 12.1. The fourth-order valence-electron chi connectivity index (χ4n) is 2.07. The largest absolute Gasteiger partial charge is 0.480 e. The SMILES string of the molecule is CCC(C)C(C)C(=O)NC1(C(=O)O)CCOCC1. The molecular formula is C13H23NO4. The Morgan fingerprint density at radius 2 is 1.89 bits per heavy atom. The summed E-state index contributed by atoms with van der Waals surface area (Å²) in [6.07, 6.45) is 1.57. The van der Waals surface area contributed by atoms with Crippen LogP contribution in [-0.4, -0.2) is 35.7 Å². The summed E-state index contributed by atoms with van der Waals surface area (Å²) in [6, 6.07) is 0. The van der Waals surface area contributed by atoms with E-state index in [4.69, 9.17) is 4.74 Å². The Balaban J connectivity index is 2.72. The van der Waals surface area contributed by atoms with E-state index >= 15 is 0 Å². The average Bonchev–Trinajstić information content (AvgIpc) is 2.37. The van der Waals surface area contributed by atoms with Gasteiger partial charge in [-0.25, -0.2) is 4.79 Å². The minimum atomic E-state index is -1.14. The molecule has 2 N–H and O–H groups in total. The first kappa shape index (κ1) is 15.0. The maximum Gasteiger partial charge on any atom is 0.329 e. The summed E-state index contributed by atoms with van der Waals surface area (Å²) < 4.78 is 5.17. The number of carboxylic acids is 1. The summed E-state index contributed by atoms with van der Waals surface area (Å²) >= 11 is 0. The van der Waals surface area contributed by atoms with E-state index < -0.39 is 11.5 Å². The highest BCUT2D eigenvalue weighted by atomic mass is 16.5. The summed E-state index contributed by atoms with van der Waals surface area (Å²) in [6.45, 7) is 6.63. The van der Waals surface area contributed by atoms with Crippen molar-refractivity contribution in [2.24, 2.45) is 11.8 Å². The van der Waals surface area contributed by atoms with Crippen LogP contribution in [0.15, 0.2) is 0 Å². The van der Waals surface area contributed by atoms with Crippen LogP contribution in [0.4, 0.5) is 0 Å². The van der Waals surface area contributed by atoms with E-state index in [-0.39, 0.29) is 17.7 Å². The Morgan fingerprint density at radius 1 is 1.33 bits per heavy atom. The maximum absolute atomic E-state index is 12.1. The number of ether oxygens (including phenoxy) is 1. The first-order valence-corrected chi connectivity index (χ1v) is 6.56. The van der Waals surface area contributed by atoms with Gasteiger partial charge in [0.25, 0.3) is 0 Å². The lowest BCUT2D eigenvalue weighted by Gasteiger charge is -2.35. The number of carbonyl (C=O) groups excluding carboxylic acids is 1. The second-order valence-electron chi connectivity index (χ2n) is 5.16. The molecule has 0 bridgehead atoms. The fourth-order valence-corrected chi connectivity index (χ4v) is 2.07. The Labute approximate surface area is 108 Å². The average molecular weight is 257 g/mol. The third-order valence-electron chi connectivity index (χ3n) is 4.03. The molecule has 2 atom stereocenters. The third kappa shape index (κ3) is 3.22. The highest BCUT2D eigenvalue weighted by Crippen LogP contribution is 2.23. The van der Waals surface area contributed by atoms with Gasteiger partial charge in [-0.1, -0.05) is 27.2 Å². The van der Waals surface area contributed by atoms with Gasteiger partial charge in [0, 0.05) is 32.0 Å². The fraction of sp³-hybridized carbons (Fsp3) is 0.846. The molecule has 1 rings (SSSR count). The van der Waals surface area contributed by atoms with Crippen molar-refractivity contribution in [3.63, 3.8) is 0 Å². The Morgan fingerprint density at radius 3 is 2.33 bits per heavy atom. The number of nitrogens with one attached hydrogen (secondary N) is 1. The van der Waals surface area contributed by atoms with Gasteiger partial charge in [-0.3, -0.25) is 4.79 Å². The quantitative estimate of drug-likeness (QED) is 0.781. The minimum Gasteiger partial charge on any atom is -0.480 e. The monoisotopic (exact) mass is 257 g/mol. The topological polar surface area (TPSA) is 75.6 Å². The molecule has 2 unspecified atom stereocenters. The second kappa shape index (κ2) is 6.18. The molecule has 0 radical (unpaired) electrons. The number of carboxylic acid groups (broad SMARTS) is 1. The van der Waals surface area contributed by atoms with E-state index in [1.54, 1.807) is 0 Å². The van der Waals surface area contributed by atoms with Gasteiger partial charge in [-0.15, -0.1) is 0 Å². The Kier molecular flexibility index (Phi) is 5.14. The van der Waals surface area contributed by atoms with Crippen LogP contribution in [0.25, 0.3) is 0 Å². The number of amides is 1. The van der Waals surface area contributed by atoms with E-state index in [2.05, 4.69) is 5.32 Å². The van der Waals surface area contributed by atoms with Crippen LogP contribution in [0.3, 0.4) is 0 Å². The molecule has 0 aromatic carbocycles. The number of rotatable bonds is 5. The van der Waals surface area contributed by atoms with Crippen molar-refractivity contribution in [3.8, 4) is 0 Å². The van der Waals surface area contributed by atoms with Crippen LogP contribution < -0.4 is 5.32 Å². The number of hydrogen-bond acceptors (Lipinski definition) is 3. The summed E-state index contributed by atoms with van der Waals surface area (Å²) in [5.74, 6) is -1.06. The van der Waals surface area contributed by atoms with Gasteiger partial charge < -0.3 is 15.2 Å². The van der Waals surface area contributed by atoms with Crippen LogP contribution in [-0.2, 0) is 14.3 Å². The molecule has 1 aliphatic rings. The number of carbonyl (C=O) groups is 2. The molecule has 1 aliphatic heterocycles. The molecule has 0 spiro atoms. The molecule has 0 aromatic rings. The zero-order valence-electron chi connectivity index (χ0n) is 11.4. The second-order valence-corrected chi connectivity index (χ2v) is 5.16. The molecule has 18 heavy (non-hydrogen) atoms. The maximum atomic E-state index is 12.1. The molecule has 5 nitrogen and oxygen atoms in total. The van der Waals surface area contributed by atoms with Crippen molar-refractivity contribution < 1.29 is 19.4 Å². The first-order valence-electron chi connectivity index (χ1n) is 6.56. The summed E-state index contributed by atoms with van der Waals surface area (Å²) in [7, 11) is 0. The molecule has 104 valence electrons. The van der Waals surface area contributed by atoms with Crippen LogP contribution in [0, 0.1) is 11.8 Å². The van der Waals surface area contributed by atoms with Crippen LogP contribution >= 0.6 is 0 Å². The highest BCUT2D eigenvalue weighted by Gasteiger charge is 2.42. The van der Waals surface area contributed by atoms with Crippen molar-refractivity contribution in [1.82, 2.24) is 5.32 Å². The van der Waals surface area contributed by atoms with E-state index in [1.807, 2.05) is 20.8 Å². The number of hydrogen-bond donors (Lipinski definition) is 2. The van der Waals surface area contributed by atoms with Gasteiger partial charge in [0.2, 0.25) is 5.91 Å². The van der Waals surface area contributed by atoms with Crippen LogP contribution in [0.1, 0.15) is 40.0 Å². The molecule has 1 amide bonds. The lowest BCUT2D eigenvalue weighted by Crippen LogP contribution is -2.58. The lowest BCUT2D eigenvalue weighted by atomic mass is 9.87. The summed E-state index contributed by atoms with van der Waals surface area (Å²) in [4.78, 5) is 23.5. The molecular weight excluding hydrogens is 234 g/mol. The molecule has 0 aromatic heterocycles. The van der Waals surface area contributed by atoms with Crippen molar-refractivity contribution >= 4 is 11.9 Å². The minimum absolute atomic E-state index is 0.172. The van der Waals surface area contributed by atoms with Crippen molar-refractivity contribution in [3.05, 3.63) is 0 Å². The van der Waals surface area contributed by atoms with Crippen LogP contribution in [0.5, 0.6) is 0 Å². The zero-order valence-corrected chi connectivity index (χ0v) is 11.4. The Bertz CT molecular complexity index is 310. The standard InChI is InChI=1S/C13H23NO4/c1-4-9(2)10(3)11(15)14-13(12(16)17)5-7-18-8-6-13/h9-10H,4-8H2,1-3H3,(H,14,15)(H,16,17). The number of aliphatic carboxylic acids is 1. The first-order chi connectivity index (χ1) is 8.43. The van der Waals surface area contributed by atoms with Gasteiger partial charge in [0.05, 0.1) is 0 Å². The van der Waals surface area contributed by atoms with E-state index in [0.717, 1.165) is 6.42 Å². The molecule has 0 aliphatic carbocycles. The molecule has 1 saturated heterocycles. The van der Waals surface area contributed by atoms with E-state index in [9.17, 15) is 14.7 Å². The van der Waals surface area contributed by atoms with Crippen LogP contribution in [0.2, 0.25) is 0 Å². The van der Waals surface area contributed by atoms with Gasteiger partial charge in [0.1, 0.15) is 5.54 Å². The predicted octanol–water partition coefficient (Wildman–Crippen LogP) is 1.42. The van der Waals surface area contributed by atoms with Gasteiger partial charge in [0.15, 0.2) is 0 Å². The Hall–Kier alpha value is -1.10. The lowest BCUT2D eigenvalue weighted by molar-refractivity contribution is -0.153.